The van der Waals surface area contributed by atoms with Crippen molar-refractivity contribution in [2.45, 2.75) is 24.9 Å². The third-order valence-corrected chi connectivity index (χ3v) is 3.60. The zero-order chi connectivity index (χ0) is 14.9. The fourth-order valence-corrected chi connectivity index (χ4v) is 2.14. The maximum atomic E-state index is 12.0. The minimum Gasteiger partial charge on any atom is -0.480 e. The number of amides is 1. The van der Waals surface area contributed by atoms with E-state index >= 15 is 0 Å². The van der Waals surface area contributed by atoms with Crippen LogP contribution in [0.5, 0.6) is 0 Å². The Kier molecular flexibility index (Phi) is 3.21. The molecule has 0 radical (unpaired) electrons. The molecule has 0 bridgehead atoms. The highest BCUT2D eigenvalue weighted by atomic mass is 16.4. The molecule has 0 spiro atoms. The molecule has 6 heteroatoms. The molecular formula is C15H15N3O3. The van der Waals surface area contributed by atoms with Crippen molar-refractivity contribution >= 4 is 11.9 Å². The Morgan fingerprint density at radius 2 is 2.00 bits per heavy atom. The number of hydrogen-bond donors (Lipinski definition) is 2. The zero-order valence-electron chi connectivity index (χ0n) is 11.3. The van der Waals surface area contributed by atoms with E-state index in [9.17, 15) is 9.59 Å². The van der Waals surface area contributed by atoms with Gasteiger partial charge in [0.15, 0.2) is 0 Å². The highest BCUT2D eigenvalue weighted by molar-refractivity contribution is 5.98. The summed E-state index contributed by atoms with van der Waals surface area (Å²) in [6, 6.07) is 9.77. The SMILES string of the molecule is O=C(NC1(C(=O)O)CC1)c1cnn(Cc2ccccc2)c1. The van der Waals surface area contributed by atoms with Crippen molar-refractivity contribution < 1.29 is 14.7 Å². The van der Waals surface area contributed by atoms with Crippen LogP contribution in [0.25, 0.3) is 0 Å². The van der Waals surface area contributed by atoms with Gasteiger partial charge in [0.1, 0.15) is 5.54 Å². The van der Waals surface area contributed by atoms with Crippen molar-refractivity contribution in [3.8, 4) is 0 Å². The van der Waals surface area contributed by atoms with Gasteiger partial charge in [-0.3, -0.25) is 9.48 Å². The van der Waals surface area contributed by atoms with Crippen LogP contribution in [-0.2, 0) is 11.3 Å². The third-order valence-electron chi connectivity index (χ3n) is 3.60. The molecule has 1 fully saturated rings. The molecule has 21 heavy (non-hydrogen) atoms. The first kappa shape index (κ1) is 13.4. The summed E-state index contributed by atoms with van der Waals surface area (Å²) in [5, 5.41) is 15.8. The highest BCUT2D eigenvalue weighted by Gasteiger charge is 2.51. The molecule has 0 unspecified atom stereocenters. The van der Waals surface area contributed by atoms with Gasteiger partial charge in [-0.05, 0) is 18.4 Å². The number of carbonyl (C=O) groups is 2. The molecule has 1 aliphatic rings. The molecular weight excluding hydrogens is 270 g/mol. The summed E-state index contributed by atoms with van der Waals surface area (Å²) >= 11 is 0. The number of rotatable bonds is 5. The summed E-state index contributed by atoms with van der Waals surface area (Å²) in [5.74, 6) is -1.37. The van der Waals surface area contributed by atoms with E-state index in [-0.39, 0.29) is 0 Å². The summed E-state index contributed by atoms with van der Waals surface area (Å²) in [6.07, 6.45) is 4.04. The highest BCUT2D eigenvalue weighted by Crippen LogP contribution is 2.35. The van der Waals surface area contributed by atoms with Crippen LogP contribution in [0.15, 0.2) is 42.7 Å². The normalized spacial score (nSPS) is 15.4. The minimum absolute atomic E-state index is 0.374. The molecule has 1 amide bonds. The van der Waals surface area contributed by atoms with Gasteiger partial charge < -0.3 is 10.4 Å². The Balaban J connectivity index is 1.67. The summed E-state index contributed by atoms with van der Waals surface area (Å²) in [7, 11) is 0. The molecule has 3 rings (SSSR count). The lowest BCUT2D eigenvalue weighted by Gasteiger charge is -2.10. The van der Waals surface area contributed by atoms with E-state index in [1.54, 1.807) is 10.9 Å². The van der Waals surface area contributed by atoms with Gasteiger partial charge in [-0.25, -0.2) is 4.79 Å². The standard InChI is InChI=1S/C15H15N3O3/c19-13(17-15(6-7-15)14(20)21)12-8-16-18(10-12)9-11-4-2-1-3-5-11/h1-5,8,10H,6-7,9H2,(H,17,19)(H,20,21). The van der Waals surface area contributed by atoms with E-state index < -0.39 is 17.4 Å². The molecule has 0 aliphatic heterocycles. The number of carboxylic acid groups (broad SMARTS) is 1. The summed E-state index contributed by atoms with van der Waals surface area (Å²) in [5.41, 5.74) is 0.383. The van der Waals surface area contributed by atoms with Gasteiger partial charge in [-0.2, -0.15) is 5.10 Å². The van der Waals surface area contributed by atoms with E-state index in [0.29, 0.717) is 24.9 Å². The average Bonchev–Trinajstić information content (AvgIpc) is 3.11. The predicted octanol–water partition coefficient (Wildman–Crippen LogP) is 1.28. The van der Waals surface area contributed by atoms with Gasteiger partial charge in [0, 0.05) is 6.20 Å². The van der Waals surface area contributed by atoms with Crippen LogP contribution in [0.4, 0.5) is 0 Å². The fourth-order valence-electron chi connectivity index (χ4n) is 2.14. The van der Waals surface area contributed by atoms with Crippen LogP contribution in [-0.4, -0.2) is 32.3 Å². The smallest absolute Gasteiger partial charge is 0.329 e. The maximum Gasteiger partial charge on any atom is 0.329 e. The first-order chi connectivity index (χ1) is 10.1. The predicted molar refractivity (Wildman–Crippen MR) is 74.8 cm³/mol. The number of nitrogens with zero attached hydrogens (tertiary/aromatic N) is 2. The van der Waals surface area contributed by atoms with E-state index in [1.165, 1.54) is 6.20 Å². The van der Waals surface area contributed by atoms with Crippen molar-refractivity contribution in [2.24, 2.45) is 0 Å². The van der Waals surface area contributed by atoms with Crippen LogP contribution in [0.2, 0.25) is 0 Å². The summed E-state index contributed by atoms with van der Waals surface area (Å²) in [4.78, 5) is 23.1. The first-order valence-corrected chi connectivity index (χ1v) is 6.71. The summed E-state index contributed by atoms with van der Waals surface area (Å²) in [6.45, 7) is 0.568. The van der Waals surface area contributed by atoms with Crippen LogP contribution < -0.4 is 5.32 Å². The van der Waals surface area contributed by atoms with Crippen molar-refractivity contribution in [2.75, 3.05) is 0 Å². The molecule has 1 aliphatic carbocycles. The molecule has 0 saturated heterocycles. The topological polar surface area (TPSA) is 84.2 Å². The summed E-state index contributed by atoms with van der Waals surface area (Å²) < 4.78 is 1.66. The van der Waals surface area contributed by atoms with Gasteiger partial charge in [0.05, 0.1) is 18.3 Å². The Morgan fingerprint density at radius 1 is 1.29 bits per heavy atom. The van der Waals surface area contributed by atoms with Gasteiger partial charge in [0.25, 0.3) is 5.91 Å². The average molecular weight is 285 g/mol. The van der Waals surface area contributed by atoms with Crippen molar-refractivity contribution in [3.63, 3.8) is 0 Å². The molecule has 1 saturated carbocycles. The number of carboxylic acids is 1. The van der Waals surface area contributed by atoms with Gasteiger partial charge in [-0.1, -0.05) is 30.3 Å². The molecule has 108 valence electrons. The maximum absolute atomic E-state index is 12.0. The molecule has 2 N–H and O–H groups in total. The molecule has 6 nitrogen and oxygen atoms in total. The van der Waals surface area contributed by atoms with Crippen LogP contribution in [0, 0.1) is 0 Å². The quantitative estimate of drug-likeness (QED) is 0.866. The fraction of sp³-hybridized carbons (Fsp3) is 0.267. The van der Waals surface area contributed by atoms with Crippen molar-refractivity contribution in [3.05, 3.63) is 53.9 Å². The Bertz CT molecular complexity index is 674. The molecule has 1 aromatic carbocycles. The van der Waals surface area contributed by atoms with E-state index in [2.05, 4.69) is 10.4 Å². The molecule has 2 aromatic rings. The number of benzene rings is 1. The van der Waals surface area contributed by atoms with E-state index in [0.717, 1.165) is 5.56 Å². The van der Waals surface area contributed by atoms with Crippen molar-refractivity contribution in [1.82, 2.24) is 15.1 Å². The number of aliphatic carboxylic acids is 1. The van der Waals surface area contributed by atoms with Gasteiger partial charge >= 0.3 is 5.97 Å². The number of nitrogens with one attached hydrogen (secondary N) is 1. The van der Waals surface area contributed by atoms with Gasteiger partial charge in [-0.15, -0.1) is 0 Å². The third kappa shape index (κ3) is 2.79. The van der Waals surface area contributed by atoms with Crippen LogP contribution in [0.1, 0.15) is 28.8 Å². The molecule has 1 aromatic heterocycles. The van der Waals surface area contributed by atoms with E-state index in [4.69, 9.17) is 5.11 Å². The largest absolute Gasteiger partial charge is 0.480 e. The Hall–Kier alpha value is -2.63. The lowest BCUT2D eigenvalue weighted by Crippen LogP contribution is -2.42. The Labute approximate surface area is 121 Å². The second kappa shape index (κ2) is 5.05. The van der Waals surface area contributed by atoms with E-state index in [1.807, 2.05) is 30.3 Å². The molecule has 0 atom stereocenters. The number of carbonyl (C=O) groups excluding carboxylic acids is 1. The monoisotopic (exact) mass is 285 g/mol. The zero-order valence-corrected chi connectivity index (χ0v) is 11.3. The first-order valence-electron chi connectivity index (χ1n) is 6.71. The molecule has 1 heterocycles. The number of hydrogen-bond acceptors (Lipinski definition) is 3. The number of aromatic nitrogens is 2. The second-order valence-electron chi connectivity index (χ2n) is 5.25. The van der Waals surface area contributed by atoms with Crippen molar-refractivity contribution in [1.29, 1.82) is 0 Å². The lowest BCUT2D eigenvalue weighted by molar-refractivity contribution is -0.140. The van der Waals surface area contributed by atoms with Crippen LogP contribution in [0.3, 0.4) is 0 Å². The Morgan fingerprint density at radius 3 is 2.62 bits per heavy atom. The lowest BCUT2D eigenvalue weighted by atomic mass is 10.2. The van der Waals surface area contributed by atoms with Crippen LogP contribution >= 0.6 is 0 Å². The minimum atomic E-state index is -1.07. The van der Waals surface area contributed by atoms with Gasteiger partial charge in [0.2, 0.25) is 0 Å². The second-order valence-corrected chi connectivity index (χ2v) is 5.25.